The Morgan fingerprint density at radius 1 is 1.24 bits per heavy atom. The van der Waals surface area contributed by atoms with Gasteiger partial charge in [-0.1, -0.05) is 6.07 Å². The Bertz CT molecular complexity index is 1230. The number of ether oxygens (including phenoxy) is 2. The summed E-state index contributed by atoms with van der Waals surface area (Å²) in [5.74, 6) is -8.15. The van der Waals surface area contributed by atoms with Crippen molar-refractivity contribution in [1.82, 2.24) is 15.6 Å². The molecule has 0 radical (unpaired) electrons. The molecule has 2 aliphatic rings. The van der Waals surface area contributed by atoms with Gasteiger partial charge in [0, 0.05) is 35.8 Å². The standard InChI is InChI=1S/C25H30F2N4O6/c1-36-17-7-3-6-15-19(17)18(20(30-15)21(28)32)14(10-13-11-25(13,26)27)23(34)31-16(24(35)37-2)9-12-5-4-8-29-22(12)33/h3,6-7,12-14,16,30H,4-5,8-11H2,1-2H3,(H2,28,32)(H,29,33)(H,31,34)/t12-,13?,14-,16-/m0/s1. The number of benzene rings is 1. The number of nitrogens with two attached hydrogens (primary N) is 1. The summed E-state index contributed by atoms with van der Waals surface area (Å²) in [6.45, 7) is 0.528. The number of nitrogens with one attached hydrogen (secondary N) is 3. The fourth-order valence-corrected chi connectivity index (χ4v) is 5.09. The molecule has 2 heterocycles. The predicted molar refractivity (Wildman–Crippen MR) is 128 cm³/mol. The molecule has 1 unspecified atom stereocenters. The van der Waals surface area contributed by atoms with Crippen LogP contribution in [-0.4, -0.2) is 61.4 Å². The van der Waals surface area contributed by atoms with Crippen LogP contribution in [0, 0.1) is 11.8 Å². The van der Waals surface area contributed by atoms with Crippen LogP contribution in [-0.2, 0) is 19.1 Å². The summed E-state index contributed by atoms with van der Waals surface area (Å²) in [5.41, 5.74) is 6.06. The number of hydrogen-bond acceptors (Lipinski definition) is 6. The van der Waals surface area contributed by atoms with Gasteiger partial charge in [0.15, 0.2) is 0 Å². The van der Waals surface area contributed by atoms with Crippen LogP contribution in [0.2, 0.25) is 0 Å². The molecule has 10 nitrogen and oxygen atoms in total. The van der Waals surface area contributed by atoms with Gasteiger partial charge >= 0.3 is 5.97 Å². The largest absolute Gasteiger partial charge is 0.496 e. The maximum absolute atomic E-state index is 14.0. The van der Waals surface area contributed by atoms with E-state index >= 15 is 0 Å². The SMILES string of the molecule is COC(=O)[C@H](C[C@@H]1CCCNC1=O)NC(=O)[C@@H](CC1CC1(F)F)c1c(C(N)=O)[nH]c2cccc(OC)c12. The lowest BCUT2D eigenvalue weighted by Gasteiger charge is -2.27. The molecule has 1 aliphatic carbocycles. The zero-order valence-electron chi connectivity index (χ0n) is 20.6. The lowest BCUT2D eigenvalue weighted by molar-refractivity contribution is -0.146. The van der Waals surface area contributed by atoms with Gasteiger partial charge in [0.1, 0.15) is 17.5 Å². The highest BCUT2D eigenvalue weighted by Gasteiger charge is 2.58. The minimum Gasteiger partial charge on any atom is -0.496 e. The van der Waals surface area contributed by atoms with Crippen molar-refractivity contribution in [3.05, 3.63) is 29.5 Å². The number of carbonyl (C=O) groups excluding carboxylic acids is 4. The number of piperidine rings is 1. The number of halogens is 2. The van der Waals surface area contributed by atoms with E-state index in [0.717, 1.165) is 13.5 Å². The number of aromatic amines is 1. The number of H-pyrrole nitrogens is 1. The highest BCUT2D eigenvalue weighted by molar-refractivity contribution is 6.06. The molecule has 3 amide bonds. The average Bonchev–Trinajstić information content (AvgIpc) is 3.29. The van der Waals surface area contributed by atoms with Crippen molar-refractivity contribution >= 4 is 34.6 Å². The Kier molecular flexibility index (Phi) is 7.37. The number of fused-ring (bicyclic) bond motifs is 1. The van der Waals surface area contributed by atoms with Crippen LogP contribution >= 0.6 is 0 Å². The van der Waals surface area contributed by atoms with Gasteiger partial charge in [0.2, 0.25) is 11.8 Å². The van der Waals surface area contributed by atoms with E-state index in [2.05, 4.69) is 15.6 Å². The zero-order chi connectivity index (χ0) is 26.9. The van der Waals surface area contributed by atoms with Gasteiger partial charge in [0.25, 0.3) is 11.8 Å². The second kappa shape index (κ2) is 10.3. The summed E-state index contributed by atoms with van der Waals surface area (Å²) in [7, 11) is 2.56. The van der Waals surface area contributed by atoms with Gasteiger partial charge in [-0.3, -0.25) is 14.4 Å². The van der Waals surface area contributed by atoms with E-state index in [1.807, 2.05) is 0 Å². The molecule has 1 saturated carbocycles. The van der Waals surface area contributed by atoms with E-state index < -0.39 is 53.9 Å². The number of carbonyl (C=O) groups is 4. The molecule has 12 heteroatoms. The van der Waals surface area contributed by atoms with Gasteiger partial charge in [-0.2, -0.15) is 0 Å². The fraction of sp³-hybridized carbons (Fsp3) is 0.520. The monoisotopic (exact) mass is 520 g/mol. The second-order valence-corrected chi connectivity index (χ2v) is 9.56. The Morgan fingerprint density at radius 3 is 2.57 bits per heavy atom. The lowest BCUT2D eigenvalue weighted by Crippen LogP contribution is -2.47. The molecule has 2 aromatic rings. The van der Waals surface area contributed by atoms with Crippen molar-refractivity contribution < 1.29 is 37.4 Å². The Morgan fingerprint density at radius 2 is 1.97 bits per heavy atom. The Balaban J connectivity index is 1.73. The second-order valence-electron chi connectivity index (χ2n) is 9.56. The molecule has 1 aliphatic heterocycles. The molecule has 37 heavy (non-hydrogen) atoms. The molecular weight excluding hydrogens is 490 g/mol. The van der Waals surface area contributed by atoms with Crippen molar-refractivity contribution in [3.63, 3.8) is 0 Å². The van der Waals surface area contributed by atoms with Gasteiger partial charge < -0.3 is 30.8 Å². The first kappa shape index (κ1) is 26.4. The smallest absolute Gasteiger partial charge is 0.328 e. The molecule has 1 aromatic heterocycles. The molecular formula is C25H30F2N4O6. The Labute approximate surface area is 211 Å². The molecule has 5 N–H and O–H groups in total. The van der Waals surface area contributed by atoms with Crippen LogP contribution < -0.4 is 21.1 Å². The molecule has 2 fully saturated rings. The third kappa shape index (κ3) is 5.37. The van der Waals surface area contributed by atoms with Crippen molar-refractivity contribution in [1.29, 1.82) is 0 Å². The first-order chi connectivity index (χ1) is 17.6. The van der Waals surface area contributed by atoms with Crippen molar-refractivity contribution in [2.24, 2.45) is 17.6 Å². The summed E-state index contributed by atoms with van der Waals surface area (Å²) >= 11 is 0. The van der Waals surface area contributed by atoms with Gasteiger partial charge in [-0.15, -0.1) is 0 Å². The normalized spacial score (nSPS) is 22.0. The third-order valence-corrected chi connectivity index (χ3v) is 7.15. The minimum absolute atomic E-state index is 0.0174. The number of hydrogen-bond donors (Lipinski definition) is 4. The van der Waals surface area contributed by atoms with Gasteiger partial charge in [-0.25, -0.2) is 13.6 Å². The van der Waals surface area contributed by atoms with E-state index in [1.165, 1.54) is 7.11 Å². The highest BCUT2D eigenvalue weighted by atomic mass is 19.3. The molecule has 0 spiro atoms. The quantitative estimate of drug-likeness (QED) is 0.352. The van der Waals surface area contributed by atoms with Gasteiger partial charge in [-0.05, 0) is 37.8 Å². The number of aromatic nitrogens is 1. The van der Waals surface area contributed by atoms with Crippen molar-refractivity contribution in [3.8, 4) is 5.75 Å². The number of methoxy groups -OCH3 is 2. The van der Waals surface area contributed by atoms with Crippen LogP contribution in [0.5, 0.6) is 5.75 Å². The van der Waals surface area contributed by atoms with Gasteiger partial charge in [0.05, 0.1) is 25.7 Å². The summed E-state index contributed by atoms with van der Waals surface area (Å²) in [6.07, 6.45) is 0.538. The summed E-state index contributed by atoms with van der Waals surface area (Å²) in [4.78, 5) is 53.8. The first-order valence-corrected chi connectivity index (χ1v) is 12.1. The maximum Gasteiger partial charge on any atom is 0.328 e. The van der Waals surface area contributed by atoms with Crippen LogP contribution in [0.1, 0.15) is 54.1 Å². The van der Waals surface area contributed by atoms with Crippen molar-refractivity contribution in [2.45, 2.75) is 50.0 Å². The van der Waals surface area contributed by atoms with Crippen molar-refractivity contribution in [2.75, 3.05) is 20.8 Å². The molecule has 4 rings (SSSR count). The number of primary amides is 1. The molecule has 200 valence electrons. The zero-order valence-corrected chi connectivity index (χ0v) is 20.6. The number of amides is 3. The molecule has 4 atom stereocenters. The number of esters is 1. The van der Waals surface area contributed by atoms with Crippen LogP contribution in [0.15, 0.2) is 18.2 Å². The summed E-state index contributed by atoms with van der Waals surface area (Å²) in [6, 6.07) is 3.73. The number of rotatable bonds is 10. The van der Waals surface area contributed by atoms with E-state index in [1.54, 1.807) is 18.2 Å². The molecule has 0 bridgehead atoms. The predicted octanol–water partition coefficient (Wildman–Crippen LogP) is 1.98. The maximum atomic E-state index is 14.0. The molecule has 1 aromatic carbocycles. The van der Waals surface area contributed by atoms with Crippen LogP contribution in [0.3, 0.4) is 0 Å². The van der Waals surface area contributed by atoms with E-state index in [-0.39, 0.29) is 30.0 Å². The minimum atomic E-state index is -2.94. The van der Waals surface area contributed by atoms with E-state index in [9.17, 15) is 28.0 Å². The third-order valence-electron chi connectivity index (χ3n) is 7.15. The highest BCUT2D eigenvalue weighted by Crippen LogP contribution is 2.54. The van der Waals surface area contributed by atoms with E-state index in [0.29, 0.717) is 29.6 Å². The Hall–Kier alpha value is -3.70. The van der Waals surface area contributed by atoms with Crippen LogP contribution in [0.25, 0.3) is 10.9 Å². The fourth-order valence-electron chi connectivity index (χ4n) is 5.09. The summed E-state index contributed by atoms with van der Waals surface area (Å²) < 4.78 is 38.3. The molecule has 1 saturated heterocycles. The average molecular weight is 521 g/mol. The van der Waals surface area contributed by atoms with Crippen LogP contribution in [0.4, 0.5) is 8.78 Å². The lowest BCUT2D eigenvalue weighted by atomic mass is 9.88. The van der Waals surface area contributed by atoms with E-state index in [4.69, 9.17) is 15.2 Å². The first-order valence-electron chi connectivity index (χ1n) is 12.1. The topological polar surface area (TPSA) is 153 Å². The summed E-state index contributed by atoms with van der Waals surface area (Å²) in [5, 5.41) is 5.71. The number of alkyl halides is 2.